The lowest BCUT2D eigenvalue weighted by Crippen LogP contribution is -2.36. The summed E-state index contributed by atoms with van der Waals surface area (Å²) in [6.45, 7) is 4.18. The second-order valence-corrected chi connectivity index (χ2v) is 8.56. The van der Waals surface area contributed by atoms with Crippen molar-refractivity contribution in [1.29, 1.82) is 0 Å². The Morgan fingerprint density at radius 2 is 1.84 bits per heavy atom. The van der Waals surface area contributed by atoms with Gasteiger partial charge in [-0.2, -0.15) is 13.2 Å². The van der Waals surface area contributed by atoms with Crippen molar-refractivity contribution in [3.8, 4) is 5.75 Å². The van der Waals surface area contributed by atoms with Gasteiger partial charge in [0.05, 0.1) is 12.2 Å². The molecule has 0 radical (unpaired) electrons. The summed E-state index contributed by atoms with van der Waals surface area (Å²) in [5, 5.41) is 5.62. The number of ether oxygens (including phenoxy) is 1. The van der Waals surface area contributed by atoms with Gasteiger partial charge >= 0.3 is 6.18 Å². The minimum absolute atomic E-state index is 0.00779. The smallest absolute Gasteiger partial charge is 0.416 e. The Labute approximate surface area is 185 Å². The first-order chi connectivity index (χ1) is 15.0. The maximum Gasteiger partial charge on any atom is 0.416 e. The van der Waals surface area contributed by atoms with Gasteiger partial charge in [-0.1, -0.05) is 32.0 Å². The predicted octanol–water partition coefficient (Wildman–Crippen LogP) is 4.84. The Kier molecular flexibility index (Phi) is 7.11. The lowest BCUT2D eigenvalue weighted by atomic mass is 9.83. The molecular formula is C24H27F3N2O3. The number of hydrogen-bond acceptors (Lipinski definition) is 3. The number of hydrogen-bond donors (Lipinski definition) is 2. The van der Waals surface area contributed by atoms with Crippen molar-refractivity contribution in [3.63, 3.8) is 0 Å². The minimum Gasteiger partial charge on any atom is -0.494 e. The Morgan fingerprint density at radius 1 is 1.09 bits per heavy atom. The normalized spacial score (nSPS) is 13.8. The van der Waals surface area contributed by atoms with Crippen molar-refractivity contribution < 1.29 is 27.5 Å². The summed E-state index contributed by atoms with van der Waals surface area (Å²) in [7, 11) is 0. The first kappa shape index (κ1) is 23.6. The number of carbonyl (C=O) groups excluding carboxylic acids is 2. The van der Waals surface area contributed by atoms with Crippen molar-refractivity contribution in [2.45, 2.75) is 51.1 Å². The number of fused-ring (bicyclic) bond motifs is 1. The topological polar surface area (TPSA) is 67.4 Å². The van der Waals surface area contributed by atoms with Crippen molar-refractivity contribution in [2.75, 3.05) is 18.5 Å². The molecular weight excluding hydrogens is 421 g/mol. The van der Waals surface area contributed by atoms with Gasteiger partial charge in [0.15, 0.2) is 0 Å². The molecule has 2 aromatic carbocycles. The SMILES string of the molecule is CC(C)(CNC(=O)CCCOc1ccc2c(c1)CCC(=O)N2)c1cccc(C(F)(F)F)c1. The van der Waals surface area contributed by atoms with Gasteiger partial charge in [0.1, 0.15) is 5.75 Å². The van der Waals surface area contributed by atoms with Crippen LogP contribution in [0.15, 0.2) is 42.5 Å². The van der Waals surface area contributed by atoms with Gasteiger partial charge in [-0.15, -0.1) is 0 Å². The molecule has 1 aliphatic heterocycles. The second-order valence-electron chi connectivity index (χ2n) is 8.56. The van der Waals surface area contributed by atoms with E-state index in [2.05, 4.69) is 10.6 Å². The summed E-state index contributed by atoms with van der Waals surface area (Å²) in [6, 6.07) is 10.7. The molecule has 3 rings (SSSR count). The number of nitrogens with one attached hydrogen (secondary N) is 2. The average molecular weight is 448 g/mol. The number of aryl methyl sites for hydroxylation is 1. The third-order valence-corrected chi connectivity index (χ3v) is 5.49. The lowest BCUT2D eigenvalue weighted by Gasteiger charge is -2.26. The van der Waals surface area contributed by atoms with E-state index in [1.54, 1.807) is 26.0 Å². The van der Waals surface area contributed by atoms with Crippen molar-refractivity contribution >= 4 is 17.5 Å². The number of anilines is 1. The lowest BCUT2D eigenvalue weighted by molar-refractivity contribution is -0.137. The highest BCUT2D eigenvalue weighted by atomic mass is 19.4. The van der Waals surface area contributed by atoms with Gasteiger partial charge < -0.3 is 15.4 Å². The zero-order valence-electron chi connectivity index (χ0n) is 18.1. The molecule has 2 N–H and O–H groups in total. The van der Waals surface area contributed by atoms with Crippen LogP contribution in [0.3, 0.4) is 0 Å². The van der Waals surface area contributed by atoms with Gasteiger partial charge in [0, 0.05) is 30.5 Å². The van der Waals surface area contributed by atoms with E-state index in [-0.39, 0.29) is 24.8 Å². The van der Waals surface area contributed by atoms with Gasteiger partial charge in [0.2, 0.25) is 11.8 Å². The molecule has 8 heteroatoms. The summed E-state index contributed by atoms with van der Waals surface area (Å²) in [6.07, 6.45) is -2.53. The highest BCUT2D eigenvalue weighted by Crippen LogP contribution is 2.32. The minimum atomic E-state index is -4.40. The van der Waals surface area contributed by atoms with E-state index in [4.69, 9.17) is 4.74 Å². The van der Waals surface area contributed by atoms with E-state index in [1.165, 1.54) is 6.07 Å². The second kappa shape index (κ2) is 9.63. The first-order valence-electron chi connectivity index (χ1n) is 10.5. The van der Waals surface area contributed by atoms with Crippen LogP contribution in [0, 0.1) is 0 Å². The third-order valence-electron chi connectivity index (χ3n) is 5.49. The molecule has 0 fully saturated rings. The largest absolute Gasteiger partial charge is 0.494 e. The highest BCUT2D eigenvalue weighted by Gasteiger charge is 2.32. The Morgan fingerprint density at radius 3 is 2.59 bits per heavy atom. The first-order valence-corrected chi connectivity index (χ1v) is 10.5. The van der Waals surface area contributed by atoms with Gasteiger partial charge in [0.25, 0.3) is 0 Å². The van der Waals surface area contributed by atoms with Crippen LogP contribution in [0.25, 0.3) is 0 Å². The molecule has 0 bridgehead atoms. The number of amides is 2. The molecule has 2 amide bonds. The monoisotopic (exact) mass is 448 g/mol. The van der Waals surface area contributed by atoms with Crippen LogP contribution >= 0.6 is 0 Å². The van der Waals surface area contributed by atoms with E-state index >= 15 is 0 Å². The summed E-state index contributed by atoms with van der Waals surface area (Å²) < 4.78 is 44.6. The molecule has 1 heterocycles. The molecule has 5 nitrogen and oxygen atoms in total. The third kappa shape index (κ3) is 6.24. The Balaban J connectivity index is 1.43. The maximum atomic E-state index is 13.0. The van der Waals surface area contributed by atoms with Crippen LogP contribution in [0.2, 0.25) is 0 Å². The van der Waals surface area contributed by atoms with E-state index in [0.717, 1.165) is 23.4 Å². The molecule has 0 saturated heterocycles. The van der Waals surface area contributed by atoms with Crippen LogP contribution in [-0.4, -0.2) is 25.0 Å². The maximum absolute atomic E-state index is 13.0. The zero-order chi connectivity index (χ0) is 23.4. The van der Waals surface area contributed by atoms with Gasteiger partial charge in [-0.25, -0.2) is 0 Å². The molecule has 1 aliphatic rings. The van der Waals surface area contributed by atoms with E-state index in [1.807, 2.05) is 12.1 Å². The van der Waals surface area contributed by atoms with E-state index in [0.29, 0.717) is 37.2 Å². The zero-order valence-corrected chi connectivity index (χ0v) is 18.1. The molecule has 0 aromatic heterocycles. The van der Waals surface area contributed by atoms with Crippen LogP contribution < -0.4 is 15.4 Å². The molecule has 0 unspecified atom stereocenters. The van der Waals surface area contributed by atoms with Crippen LogP contribution in [0.1, 0.15) is 49.8 Å². The molecule has 2 aromatic rings. The summed E-state index contributed by atoms with van der Waals surface area (Å²) in [4.78, 5) is 23.6. The van der Waals surface area contributed by atoms with Crippen molar-refractivity contribution in [3.05, 3.63) is 59.2 Å². The summed E-state index contributed by atoms with van der Waals surface area (Å²) >= 11 is 0. The standard InChI is InChI=1S/C24H27F3N2O3/c1-23(2,17-5-3-6-18(14-17)24(25,26)27)15-28-21(30)7-4-12-32-19-9-10-20-16(13-19)8-11-22(31)29-20/h3,5-6,9-10,13-14H,4,7-8,11-12,15H2,1-2H3,(H,28,30)(H,29,31). The van der Waals surface area contributed by atoms with Crippen molar-refractivity contribution in [1.82, 2.24) is 5.32 Å². The molecule has 0 atom stereocenters. The van der Waals surface area contributed by atoms with E-state index < -0.39 is 17.2 Å². The fraction of sp³-hybridized carbons (Fsp3) is 0.417. The Bertz CT molecular complexity index is 987. The van der Waals surface area contributed by atoms with Crippen LogP contribution in [-0.2, 0) is 27.6 Å². The Hall–Kier alpha value is -3.03. The quantitative estimate of drug-likeness (QED) is 0.568. The number of carbonyl (C=O) groups is 2. The number of halogens is 3. The highest BCUT2D eigenvalue weighted by molar-refractivity contribution is 5.94. The number of benzene rings is 2. The van der Waals surface area contributed by atoms with Crippen LogP contribution in [0.4, 0.5) is 18.9 Å². The molecule has 0 aliphatic carbocycles. The summed E-state index contributed by atoms with van der Waals surface area (Å²) in [5.41, 5.74) is 0.995. The molecule has 32 heavy (non-hydrogen) atoms. The van der Waals surface area contributed by atoms with Crippen molar-refractivity contribution in [2.24, 2.45) is 0 Å². The number of rotatable bonds is 8. The average Bonchev–Trinajstić information content (AvgIpc) is 2.75. The van der Waals surface area contributed by atoms with Crippen LogP contribution in [0.5, 0.6) is 5.75 Å². The fourth-order valence-corrected chi connectivity index (χ4v) is 3.50. The van der Waals surface area contributed by atoms with E-state index in [9.17, 15) is 22.8 Å². The molecule has 0 saturated carbocycles. The number of alkyl halides is 3. The fourth-order valence-electron chi connectivity index (χ4n) is 3.50. The predicted molar refractivity (Wildman–Crippen MR) is 116 cm³/mol. The summed E-state index contributed by atoms with van der Waals surface area (Å²) in [5.74, 6) is 0.515. The molecule has 0 spiro atoms. The molecule has 172 valence electrons. The van der Waals surface area contributed by atoms with Gasteiger partial charge in [-0.05, 0) is 48.2 Å². The van der Waals surface area contributed by atoms with Gasteiger partial charge in [-0.3, -0.25) is 9.59 Å².